The highest BCUT2D eigenvalue weighted by Gasteiger charge is 2.11. The number of benzene rings is 1. The predicted octanol–water partition coefficient (Wildman–Crippen LogP) is 0.906. The Morgan fingerprint density at radius 2 is 2.16 bits per heavy atom. The Kier molecular flexibility index (Phi) is 3.71. The van der Waals surface area contributed by atoms with Crippen LogP contribution in [0.25, 0.3) is 10.9 Å². The van der Waals surface area contributed by atoms with Gasteiger partial charge in [0, 0.05) is 5.02 Å². The molecule has 0 saturated heterocycles. The third-order valence-corrected chi connectivity index (χ3v) is 2.79. The van der Waals surface area contributed by atoms with E-state index >= 15 is 0 Å². The van der Waals surface area contributed by atoms with Crippen LogP contribution in [-0.4, -0.2) is 22.1 Å². The van der Waals surface area contributed by atoms with Gasteiger partial charge in [-0.05, 0) is 25.1 Å². The summed E-state index contributed by atoms with van der Waals surface area (Å²) in [5.41, 5.74) is -0.890. The van der Waals surface area contributed by atoms with Gasteiger partial charge in [-0.1, -0.05) is 11.6 Å². The number of fused-ring (bicyclic) bond motifs is 1. The molecule has 19 heavy (non-hydrogen) atoms. The van der Waals surface area contributed by atoms with Gasteiger partial charge >= 0.3 is 11.7 Å². The molecule has 0 amide bonds. The summed E-state index contributed by atoms with van der Waals surface area (Å²) in [6, 6.07) is 4.50. The lowest BCUT2D eigenvalue weighted by Gasteiger charge is -2.08. The molecule has 0 radical (unpaired) electrons. The molecule has 1 aromatic carbocycles. The molecular weight excluding hydrogens is 272 g/mol. The molecule has 0 aliphatic rings. The van der Waals surface area contributed by atoms with Crippen molar-refractivity contribution < 1.29 is 9.53 Å². The molecule has 0 aliphatic carbocycles. The van der Waals surface area contributed by atoms with E-state index in [1.54, 1.807) is 6.92 Å². The van der Waals surface area contributed by atoms with E-state index in [1.807, 2.05) is 0 Å². The summed E-state index contributed by atoms with van der Waals surface area (Å²) >= 11 is 5.85. The number of hydrogen-bond acceptors (Lipinski definition) is 4. The first kappa shape index (κ1) is 13.4. The first-order chi connectivity index (χ1) is 9.02. The molecule has 2 aromatic rings. The van der Waals surface area contributed by atoms with Gasteiger partial charge in [-0.2, -0.15) is 0 Å². The number of aromatic nitrogens is 2. The topological polar surface area (TPSA) is 81.2 Å². The van der Waals surface area contributed by atoms with Crippen LogP contribution in [0.5, 0.6) is 0 Å². The van der Waals surface area contributed by atoms with Gasteiger partial charge in [-0.25, -0.2) is 4.79 Å². The third-order valence-electron chi connectivity index (χ3n) is 2.55. The molecule has 1 aromatic heterocycles. The van der Waals surface area contributed by atoms with E-state index in [0.717, 1.165) is 4.57 Å². The smallest absolute Gasteiger partial charge is 0.329 e. The van der Waals surface area contributed by atoms with Crippen molar-refractivity contribution in [2.45, 2.75) is 13.5 Å². The van der Waals surface area contributed by atoms with Crippen LogP contribution in [0.3, 0.4) is 0 Å². The van der Waals surface area contributed by atoms with Crippen LogP contribution in [0.4, 0.5) is 0 Å². The number of nitrogens with zero attached hydrogens (tertiary/aromatic N) is 1. The molecule has 0 spiro atoms. The van der Waals surface area contributed by atoms with Crippen molar-refractivity contribution in [3.8, 4) is 0 Å². The highest BCUT2D eigenvalue weighted by Crippen LogP contribution is 2.15. The van der Waals surface area contributed by atoms with Gasteiger partial charge < -0.3 is 4.74 Å². The number of rotatable bonds is 3. The first-order valence-corrected chi connectivity index (χ1v) is 5.98. The van der Waals surface area contributed by atoms with Gasteiger partial charge in [0.1, 0.15) is 6.54 Å². The van der Waals surface area contributed by atoms with Gasteiger partial charge in [0.25, 0.3) is 5.56 Å². The summed E-state index contributed by atoms with van der Waals surface area (Å²) < 4.78 is 5.91. The maximum Gasteiger partial charge on any atom is 0.329 e. The van der Waals surface area contributed by atoms with Crippen molar-refractivity contribution in [2.24, 2.45) is 0 Å². The van der Waals surface area contributed by atoms with Crippen LogP contribution in [0.1, 0.15) is 6.92 Å². The molecule has 1 N–H and O–H groups in total. The predicted molar refractivity (Wildman–Crippen MR) is 70.5 cm³/mol. The van der Waals surface area contributed by atoms with Crippen molar-refractivity contribution >= 4 is 28.5 Å². The molecule has 7 heteroatoms. The molecule has 100 valence electrons. The number of nitrogens with one attached hydrogen (secondary N) is 1. The number of carbonyl (C=O) groups excluding carboxylic acids is 1. The molecule has 0 saturated carbocycles. The second kappa shape index (κ2) is 5.27. The number of ether oxygens (including phenoxy) is 1. The van der Waals surface area contributed by atoms with Gasteiger partial charge in [0.15, 0.2) is 0 Å². The van der Waals surface area contributed by atoms with Crippen molar-refractivity contribution in [3.05, 3.63) is 44.1 Å². The van der Waals surface area contributed by atoms with Crippen LogP contribution < -0.4 is 11.2 Å². The van der Waals surface area contributed by atoms with E-state index in [1.165, 1.54) is 18.2 Å². The number of esters is 1. The van der Waals surface area contributed by atoms with E-state index in [4.69, 9.17) is 16.3 Å². The summed E-state index contributed by atoms with van der Waals surface area (Å²) in [6.45, 7) is 1.61. The van der Waals surface area contributed by atoms with Gasteiger partial charge in [-0.15, -0.1) is 0 Å². The summed E-state index contributed by atoms with van der Waals surface area (Å²) in [7, 11) is 0. The fourth-order valence-corrected chi connectivity index (χ4v) is 1.92. The normalized spacial score (nSPS) is 10.6. The van der Waals surface area contributed by atoms with Crippen molar-refractivity contribution in [3.63, 3.8) is 0 Å². The highest BCUT2D eigenvalue weighted by molar-refractivity contribution is 6.31. The van der Waals surface area contributed by atoms with Crippen LogP contribution in [0.2, 0.25) is 5.02 Å². The zero-order valence-corrected chi connectivity index (χ0v) is 10.9. The zero-order valence-electron chi connectivity index (χ0n) is 10.1. The highest BCUT2D eigenvalue weighted by atomic mass is 35.5. The number of carbonyl (C=O) groups is 1. The third kappa shape index (κ3) is 2.68. The lowest BCUT2D eigenvalue weighted by Crippen LogP contribution is -2.32. The minimum atomic E-state index is -0.673. The van der Waals surface area contributed by atoms with Crippen molar-refractivity contribution in [1.29, 1.82) is 0 Å². The quantitative estimate of drug-likeness (QED) is 0.848. The van der Waals surface area contributed by atoms with E-state index in [9.17, 15) is 14.4 Å². The number of H-pyrrole nitrogens is 1. The lowest BCUT2D eigenvalue weighted by atomic mass is 10.2. The number of halogens is 1. The van der Waals surface area contributed by atoms with E-state index in [-0.39, 0.29) is 18.5 Å². The second-order valence-corrected chi connectivity index (χ2v) is 4.25. The lowest BCUT2D eigenvalue weighted by molar-refractivity contribution is -0.143. The zero-order chi connectivity index (χ0) is 14.0. The van der Waals surface area contributed by atoms with Crippen LogP contribution in [0, 0.1) is 0 Å². The average Bonchev–Trinajstić information content (AvgIpc) is 2.34. The Bertz CT molecular complexity index is 747. The van der Waals surface area contributed by atoms with Crippen molar-refractivity contribution in [2.75, 3.05) is 6.61 Å². The molecular formula is C12H11ClN2O4. The fourth-order valence-electron chi connectivity index (χ4n) is 1.75. The average molecular weight is 283 g/mol. The maximum absolute atomic E-state index is 11.8. The second-order valence-electron chi connectivity index (χ2n) is 3.81. The molecule has 0 bridgehead atoms. The Balaban J connectivity index is 2.65. The van der Waals surface area contributed by atoms with Crippen LogP contribution in [0.15, 0.2) is 27.8 Å². The monoisotopic (exact) mass is 282 g/mol. The Morgan fingerprint density at radius 1 is 1.42 bits per heavy atom. The number of aromatic amines is 1. The minimum absolute atomic E-state index is 0.218. The Hall–Kier alpha value is -2.08. The Labute approximate surface area is 112 Å². The van der Waals surface area contributed by atoms with Gasteiger partial charge in [0.05, 0.1) is 17.5 Å². The van der Waals surface area contributed by atoms with Crippen LogP contribution >= 0.6 is 11.6 Å². The van der Waals surface area contributed by atoms with Gasteiger partial charge in [-0.3, -0.25) is 19.1 Å². The molecule has 1 heterocycles. The number of hydrogen-bond donors (Lipinski definition) is 1. The molecule has 0 atom stereocenters. The van der Waals surface area contributed by atoms with Crippen molar-refractivity contribution in [1.82, 2.24) is 9.55 Å². The first-order valence-electron chi connectivity index (χ1n) is 5.61. The Morgan fingerprint density at radius 3 is 2.84 bits per heavy atom. The maximum atomic E-state index is 11.8. The van der Waals surface area contributed by atoms with E-state index in [0.29, 0.717) is 10.5 Å². The minimum Gasteiger partial charge on any atom is -0.465 e. The van der Waals surface area contributed by atoms with Crippen LogP contribution in [-0.2, 0) is 16.1 Å². The fraction of sp³-hybridized carbons (Fsp3) is 0.250. The standard InChI is InChI=1S/C12H11ClN2O4/c1-2-19-10(16)6-15-9-5-7(13)3-4-8(9)11(17)14-12(15)18/h3-5H,2,6H2,1H3,(H,14,17,18). The molecule has 0 aliphatic heterocycles. The van der Waals surface area contributed by atoms with E-state index in [2.05, 4.69) is 4.98 Å². The van der Waals surface area contributed by atoms with E-state index < -0.39 is 17.2 Å². The molecule has 0 unspecified atom stereocenters. The summed E-state index contributed by atoms with van der Waals surface area (Å²) in [4.78, 5) is 37.0. The summed E-state index contributed by atoms with van der Waals surface area (Å²) in [5.74, 6) is -0.557. The largest absolute Gasteiger partial charge is 0.465 e. The molecule has 6 nitrogen and oxygen atoms in total. The molecule has 0 fully saturated rings. The SMILES string of the molecule is CCOC(=O)Cn1c(=O)[nH]c(=O)c2ccc(Cl)cc21. The molecule has 2 rings (SSSR count). The summed E-state index contributed by atoms with van der Waals surface area (Å²) in [6.07, 6.45) is 0. The summed E-state index contributed by atoms with van der Waals surface area (Å²) in [5, 5.41) is 0.656. The van der Waals surface area contributed by atoms with Gasteiger partial charge in [0.2, 0.25) is 0 Å².